The van der Waals surface area contributed by atoms with Crippen molar-refractivity contribution in [3.63, 3.8) is 0 Å². The standard InChI is InChI=1S/C25H20N4O4S/c1-17-6-8-19(9-7-17)16-26-28(25-27-22-12-11-21(33-2)15-23(22)34-25)24(30)13-10-18-4-3-5-20(14-18)29(31)32/h3-16H,1-2H3/b13-10+,26-16+. The first-order valence-corrected chi connectivity index (χ1v) is 11.1. The lowest BCUT2D eigenvalue weighted by Gasteiger charge is -2.11. The third kappa shape index (κ3) is 5.33. The van der Waals surface area contributed by atoms with Crippen molar-refractivity contribution in [3.05, 3.63) is 99.6 Å². The van der Waals surface area contributed by atoms with Gasteiger partial charge in [0, 0.05) is 18.2 Å². The smallest absolute Gasteiger partial charge is 0.273 e. The van der Waals surface area contributed by atoms with Crippen LogP contribution in [0.5, 0.6) is 5.75 Å². The molecule has 170 valence electrons. The first-order chi connectivity index (χ1) is 16.4. The van der Waals surface area contributed by atoms with Crippen LogP contribution in [0, 0.1) is 17.0 Å². The number of non-ortho nitro benzene ring substituents is 1. The summed E-state index contributed by atoms with van der Waals surface area (Å²) in [6.07, 6.45) is 4.42. The Kier molecular flexibility index (Phi) is 6.74. The number of anilines is 1. The summed E-state index contributed by atoms with van der Waals surface area (Å²) in [5, 5.41) is 17.0. The Hall–Kier alpha value is -4.37. The molecule has 3 aromatic carbocycles. The highest BCUT2D eigenvalue weighted by molar-refractivity contribution is 7.22. The molecule has 0 aliphatic carbocycles. The number of amides is 1. The molecule has 8 nitrogen and oxygen atoms in total. The normalized spacial score (nSPS) is 11.4. The van der Waals surface area contributed by atoms with Crippen LogP contribution in [0.3, 0.4) is 0 Å². The first kappa shape index (κ1) is 22.8. The minimum absolute atomic E-state index is 0.0519. The van der Waals surface area contributed by atoms with E-state index >= 15 is 0 Å². The third-order valence-corrected chi connectivity index (χ3v) is 5.87. The van der Waals surface area contributed by atoms with Gasteiger partial charge in [0.05, 0.1) is 28.5 Å². The fraction of sp³-hybridized carbons (Fsp3) is 0.0800. The Balaban J connectivity index is 1.68. The molecule has 0 bridgehead atoms. The Morgan fingerprint density at radius 1 is 1.12 bits per heavy atom. The van der Waals surface area contributed by atoms with E-state index in [2.05, 4.69) is 10.1 Å². The number of fused-ring (bicyclic) bond motifs is 1. The number of benzene rings is 3. The zero-order valence-electron chi connectivity index (χ0n) is 18.4. The maximum atomic E-state index is 13.1. The Labute approximate surface area is 199 Å². The summed E-state index contributed by atoms with van der Waals surface area (Å²) < 4.78 is 6.13. The molecule has 0 N–H and O–H groups in total. The molecule has 0 spiro atoms. The van der Waals surface area contributed by atoms with E-state index in [1.54, 1.807) is 31.5 Å². The summed E-state index contributed by atoms with van der Waals surface area (Å²) in [6.45, 7) is 1.99. The lowest BCUT2D eigenvalue weighted by atomic mass is 10.2. The van der Waals surface area contributed by atoms with Crippen molar-refractivity contribution in [2.45, 2.75) is 6.92 Å². The molecule has 0 unspecified atom stereocenters. The number of nitrogens with zero attached hydrogens (tertiary/aromatic N) is 4. The molecule has 1 amide bonds. The van der Waals surface area contributed by atoms with Crippen molar-refractivity contribution in [3.8, 4) is 5.75 Å². The topological polar surface area (TPSA) is 97.9 Å². The van der Waals surface area contributed by atoms with Crippen LogP contribution in [0.1, 0.15) is 16.7 Å². The third-order valence-electron chi connectivity index (χ3n) is 4.87. The second-order valence-electron chi connectivity index (χ2n) is 7.32. The van der Waals surface area contributed by atoms with Crippen LogP contribution in [-0.4, -0.2) is 29.1 Å². The number of hydrazone groups is 1. The highest BCUT2D eigenvalue weighted by Crippen LogP contribution is 2.32. The van der Waals surface area contributed by atoms with E-state index in [9.17, 15) is 14.9 Å². The molecule has 0 atom stereocenters. The van der Waals surface area contributed by atoms with Crippen molar-refractivity contribution < 1.29 is 14.5 Å². The number of methoxy groups -OCH3 is 1. The highest BCUT2D eigenvalue weighted by Gasteiger charge is 2.18. The first-order valence-electron chi connectivity index (χ1n) is 10.2. The van der Waals surface area contributed by atoms with Crippen LogP contribution in [0.4, 0.5) is 10.8 Å². The number of hydrogen-bond acceptors (Lipinski definition) is 7. The molecule has 1 heterocycles. The van der Waals surface area contributed by atoms with Gasteiger partial charge in [-0.3, -0.25) is 14.9 Å². The molecule has 0 saturated heterocycles. The number of thiazole rings is 1. The molecular formula is C25H20N4O4S. The molecule has 0 fully saturated rings. The fourth-order valence-electron chi connectivity index (χ4n) is 3.07. The van der Waals surface area contributed by atoms with Crippen molar-refractivity contribution in [2.75, 3.05) is 12.1 Å². The van der Waals surface area contributed by atoms with Gasteiger partial charge < -0.3 is 4.74 Å². The van der Waals surface area contributed by atoms with E-state index in [-0.39, 0.29) is 5.69 Å². The number of carbonyl (C=O) groups is 1. The lowest BCUT2D eigenvalue weighted by Crippen LogP contribution is -2.23. The Bertz CT molecular complexity index is 1410. The van der Waals surface area contributed by atoms with Crippen LogP contribution in [0.15, 0.2) is 77.9 Å². The monoisotopic (exact) mass is 472 g/mol. The fourth-order valence-corrected chi connectivity index (χ4v) is 4.03. The second kappa shape index (κ2) is 10.1. The number of rotatable bonds is 7. The van der Waals surface area contributed by atoms with Crippen LogP contribution in [-0.2, 0) is 4.79 Å². The van der Waals surface area contributed by atoms with Gasteiger partial charge in [0.15, 0.2) is 0 Å². The van der Waals surface area contributed by atoms with E-state index in [0.717, 1.165) is 15.8 Å². The largest absolute Gasteiger partial charge is 0.497 e. The minimum Gasteiger partial charge on any atom is -0.497 e. The molecule has 34 heavy (non-hydrogen) atoms. The summed E-state index contributed by atoms with van der Waals surface area (Å²) in [4.78, 5) is 28.3. The average Bonchev–Trinajstić information content (AvgIpc) is 3.27. The van der Waals surface area contributed by atoms with Gasteiger partial charge in [-0.05, 0) is 42.3 Å². The number of aromatic nitrogens is 1. The van der Waals surface area contributed by atoms with Crippen molar-refractivity contribution in [1.29, 1.82) is 0 Å². The lowest BCUT2D eigenvalue weighted by molar-refractivity contribution is -0.384. The molecule has 4 rings (SSSR count). The van der Waals surface area contributed by atoms with Crippen molar-refractivity contribution >= 4 is 50.6 Å². The second-order valence-corrected chi connectivity index (χ2v) is 8.33. The Morgan fingerprint density at radius 2 is 1.91 bits per heavy atom. The Morgan fingerprint density at radius 3 is 2.65 bits per heavy atom. The maximum absolute atomic E-state index is 13.1. The number of nitro groups is 1. The average molecular weight is 473 g/mol. The number of hydrogen-bond donors (Lipinski definition) is 0. The molecule has 9 heteroatoms. The van der Waals surface area contributed by atoms with Gasteiger partial charge in [0.1, 0.15) is 5.75 Å². The molecule has 1 aromatic heterocycles. The van der Waals surface area contributed by atoms with Gasteiger partial charge in [-0.1, -0.05) is 53.3 Å². The summed E-state index contributed by atoms with van der Waals surface area (Å²) in [7, 11) is 1.59. The number of nitro benzene ring substituents is 1. The van der Waals surface area contributed by atoms with Gasteiger partial charge in [0.25, 0.3) is 11.6 Å². The van der Waals surface area contributed by atoms with E-state index in [0.29, 0.717) is 22.0 Å². The SMILES string of the molecule is COc1ccc2nc(N(/N=C/c3ccc(C)cc3)C(=O)/C=C/c3cccc([N+](=O)[O-])c3)sc2c1. The number of ether oxygens (including phenoxy) is 1. The number of carbonyl (C=O) groups excluding carboxylic acids is 1. The van der Waals surface area contributed by atoms with E-state index in [1.165, 1.54) is 40.6 Å². The van der Waals surface area contributed by atoms with Crippen LogP contribution < -0.4 is 9.75 Å². The molecular weight excluding hydrogens is 452 g/mol. The quantitative estimate of drug-likeness (QED) is 0.151. The van der Waals surface area contributed by atoms with Gasteiger partial charge in [-0.15, -0.1) is 0 Å². The van der Waals surface area contributed by atoms with Crippen molar-refractivity contribution in [2.24, 2.45) is 5.10 Å². The zero-order valence-corrected chi connectivity index (χ0v) is 19.2. The molecule has 4 aromatic rings. The van der Waals surface area contributed by atoms with Crippen LogP contribution in [0.25, 0.3) is 16.3 Å². The molecule has 0 radical (unpaired) electrons. The highest BCUT2D eigenvalue weighted by atomic mass is 32.1. The van der Waals surface area contributed by atoms with Gasteiger partial charge >= 0.3 is 0 Å². The molecule has 0 saturated carbocycles. The summed E-state index contributed by atoms with van der Waals surface area (Å²) in [5.41, 5.74) is 3.13. The van der Waals surface area contributed by atoms with E-state index < -0.39 is 10.8 Å². The molecule has 0 aliphatic heterocycles. The van der Waals surface area contributed by atoms with E-state index in [4.69, 9.17) is 4.74 Å². The van der Waals surface area contributed by atoms with Crippen LogP contribution in [0.2, 0.25) is 0 Å². The summed E-state index contributed by atoms with van der Waals surface area (Å²) in [5.74, 6) is 0.246. The van der Waals surface area contributed by atoms with Gasteiger partial charge in [-0.25, -0.2) is 4.98 Å². The van der Waals surface area contributed by atoms with Crippen molar-refractivity contribution in [1.82, 2.24) is 4.98 Å². The number of aryl methyl sites for hydroxylation is 1. The molecule has 0 aliphatic rings. The van der Waals surface area contributed by atoms with E-state index in [1.807, 2.05) is 43.3 Å². The van der Waals surface area contributed by atoms with Gasteiger partial charge in [0.2, 0.25) is 5.13 Å². The van der Waals surface area contributed by atoms with Gasteiger partial charge in [-0.2, -0.15) is 10.1 Å². The predicted molar refractivity (Wildman–Crippen MR) is 135 cm³/mol. The summed E-state index contributed by atoms with van der Waals surface area (Å²) >= 11 is 1.31. The minimum atomic E-state index is -0.479. The maximum Gasteiger partial charge on any atom is 0.273 e. The van der Waals surface area contributed by atoms with Crippen LogP contribution >= 0.6 is 11.3 Å². The summed E-state index contributed by atoms with van der Waals surface area (Å²) in [6, 6.07) is 19.2. The zero-order chi connectivity index (χ0) is 24.1. The predicted octanol–water partition coefficient (Wildman–Crippen LogP) is 5.60.